The highest BCUT2D eigenvalue weighted by Gasteiger charge is 2.12. The van der Waals surface area contributed by atoms with Crippen molar-refractivity contribution in [3.8, 4) is 11.3 Å². The van der Waals surface area contributed by atoms with Gasteiger partial charge < -0.3 is 5.32 Å². The highest BCUT2D eigenvalue weighted by atomic mass is 19.1. The predicted molar refractivity (Wildman–Crippen MR) is 70.7 cm³/mol. The number of rotatable bonds is 4. The predicted octanol–water partition coefficient (Wildman–Crippen LogP) is 2.90. The number of halogens is 1. The summed E-state index contributed by atoms with van der Waals surface area (Å²) >= 11 is 0. The van der Waals surface area contributed by atoms with Gasteiger partial charge in [-0.2, -0.15) is 5.10 Å². The lowest BCUT2D eigenvalue weighted by atomic mass is 10.0. The standard InChI is InChI=1S/C14H18FN3/c1-4-16-10(2)11-5-6-13(15)12(9-11)14-7-8-17-18(14)3/h5-10,16H,4H2,1-3H3. The Balaban J connectivity index is 2.42. The van der Waals surface area contributed by atoms with Gasteiger partial charge >= 0.3 is 0 Å². The van der Waals surface area contributed by atoms with E-state index in [2.05, 4.69) is 24.3 Å². The van der Waals surface area contributed by atoms with Crippen LogP contribution >= 0.6 is 0 Å². The van der Waals surface area contributed by atoms with Crippen molar-refractivity contribution in [2.75, 3.05) is 6.54 Å². The van der Waals surface area contributed by atoms with Gasteiger partial charge in [-0.25, -0.2) is 4.39 Å². The van der Waals surface area contributed by atoms with Gasteiger partial charge in [0.15, 0.2) is 0 Å². The molecule has 3 nitrogen and oxygen atoms in total. The van der Waals surface area contributed by atoms with Crippen molar-refractivity contribution in [1.82, 2.24) is 15.1 Å². The van der Waals surface area contributed by atoms with Gasteiger partial charge in [0.2, 0.25) is 0 Å². The monoisotopic (exact) mass is 247 g/mol. The number of aryl methyl sites for hydroxylation is 1. The van der Waals surface area contributed by atoms with Gasteiger partial charge in [-0.15, -0.1) is 0 Å². The van der Waals surface area contributed by atoms with Crippen molar-refractivity contribution in [3.05, 3.63) is 41.8 Å². The maximum atomic E-state index is 13.9. The molecule has 1 N–H and O–H groups in total. The van der Waals surface area contributed by atoms with E-state index in [9.17, 15) is 4.39 Å². The minimum Gasteiger partial charge on any atom is -0.310 e. The van der Waals surface area contributed by atoms with Crippen LogP contribution in [0.2, 0.25) is 0 Å². The second-order valence-electron chi connectivity index (χ2n) is 4.36. The summed E-state index contributed by atoms with van der Waals surface area (Å²) in [6.07, 6.45) is 1.68. The molecule has 96 valence electrons. The normalized spacial score (nSPS) is 12.7. The summed E-state index contributed by atoms with van der Waals surface area (Å²) in [5.41, 5.74) is 2.46. The van der Waals surface area contributed by atoms with Crippen LogP contribution in [0.5, 0.6) is 0 Å². The fraction of sp³-hybridized carbons (Fsp3) is 0.357. The highest BCUT2D eigenvalue weighted by Crippen LogP contribution is 2.25. The molecule has 0 amide bonds. The van der Waals surface area contributed by atoms with Crippen molar-refractivity contribution < 1.29 is 4.39 Å². The van der Waals surface area contributed by atoms with Gasteiger partial charge in [0.1, 0.15) is 5.82 Å². The molecule has 0 spiro atoms. The Kier molecular flexibility index (Phi) is 3.77. The van der Waals surface area contributed by atoms with Crippen molar-refractivity contribution in [2.24, 2.45) is 7.05 Å². The van der Waals surface area contributed by atoms with Crippen LogP contribution in [0.4, 0.5) is 4.39 Å². The molecule has 1 heterocycles. The number of nitrogens with one attached hydrogen (secondary N) is 1. The average molecular weight is 247 g/mol. The van der Waals surface area contributed by atoms with Crippen LogP contribution in [0, 0.1) is 5.82 Å². The van der Waals surface area contributed by atoms with Crippen LogP contribution < -0.4 is 5.32 Å². The van der Waals surface area contributed by atoms with Gasteiger partial charge in [-0.1, -0.05) is 13.0 Å². The van der Waals surface area contributed by atoms with E-state index in [1.165, 1.54) is 6.07 Å². The fourth-order valence-corrected chi connectivity index (χ4v) is 2.07. The summed E-state index contributed by atoms with van der Waals surface area (Å²) < 4.78 is 15.6. The van der Waals surface area contributed by atoms with Crippen molar-refractivity contribution in [2.45, 2.75) is 19.9 Å². The van der Waals surface area contributed by atoms with E-state index < -0.39 is 0 Å². The van der Waals surface area contributed by atoms with Gasteiger partial charge in [0, 0.05) is 24.8 Å². The molecule has 1 unspecified atom stereocenters. The topological polar surface area (TPSA) is 29.9 Å². The molecule has 0 saturated carbocycles. The highest BCUT2D eigenvalue weighted by molar-refractivity contribution is 5.61. The first-order valence-electron chi connectivity index (χ1n) is 6.14. The molecule has 1 aromatic heterocycles. The summed E-state index contributed by atoms with van der Waals surface area (Å²) in [4.78, 5) is 0. The van der Waals surface area contributed by atoms with E-state index in [-0.39, 0.29) is 11.9 Å². The van der Waals surface area contributed by atoms with E-state index in [1.807, 2.05) is 25.2 Å². The van der Waals surface area contributed by atoms with Gasteiger partial charge in [-0.3, -0.25) is 4.68 Å². The summed E-state index contributed by atoms with van der Waals surface area (Å²) in [6.45, 7) is 5.02. The van der Waals surface area contributed by atoms with Crippen molar-refractivity contribution >= 4 is 0 Å². The summed E-state index contributed by atoms with van der Waals surface area (Å²) in [7, 11) is 1.81. The smallest absolute Gasteiger partial charge is 0.132 e. The minimum absolute atomic E-state index is 0.211. The number of benzene rings is 1. The van der Waals surface area contributed by atoms with E-state index in [0.29, 0.717) is 5.56 Å². The summed E-state index contributed by atoms with van der Waals surface area (Å²) in [6, 6.07) is 7.26. The molecule has 0 saturated heterocycles. The molecule has 0 aliphatic heterocycles. The summed E-state index contributed by atoms with van der Waals surface area (Å²) in [5, 5.41) is 7.40. The average Bonchev–Trinajstić information content (AvgIpc) is 2.76. The Bertz CT molecular complexity index is 534. The zero-order valence-corrected chi connectivity index (χ0v) is 10.9. The second-order valence-corrected chi connectivity index (χ2v) is 4.36. The Hall–Kier alpha value is -1.68. The third-order valence-corrected chi connectivity index (χ3v) is 3.10. The van der Waals surface area contributed by atoms with Crippen LogP contribution in [0.1, 0.15) is 25.5 Å². The fourth-order valence-electron chi connectivity index (χ4n) is 2.07. The lowest BCUT2D eigenvalue weighted by molar-refractivity contribution is 0.592. The molecule has 0 aliphatic rings. The largest absolute Gasteiger partial charge is 0.310 e. The SMILES string of the molecule is CCNC(C)c1ccc(F)c(-c2ccnn2C)c1. The third-order valence-electron chi connectivity index (χ3n) is 3.10. The maximum absolute atomic E-state index is 13.9. The molecule has 18 heavy (non-hydrogen) atoms. The number of aromatic nitrogens is 2. The van der Waals surface area contributed by atoms with Crippen molar-refractivity contribution in [1.29, 1.82) is 0 Å². The lowest BCUT2D eigenvalue weighted by Crippen LogP contribution is -2.17. The van der Waals surface area contributed by atoms with E-state index in [1.54, 1.807) is 10.9 Å². The van der Waals surface area contributed by atoms with Gasteiger partial charge in [-0.05, 0) is 37.2 Å². The van der Waals surface area contributed by atoms with Gasteiger partial charge in [0.25, 0.3) is 0 Å². The Morgan fingerprint density at radius 1 is 1.39 bits per heavy atom. The Morgan fingerprint density at radius 3 is 2.78 bits per heavy atom. The van der Waals surface area contributed by atoms with Crippen molar-refractivity contribution in [3.63, 3.8) is 0 Å². The molecule has 0 aliphatic carbocycles. The lowest BCUT2D eigenvalue weighted by Gasteiger charge is -2.14. The first kappa shape index (κ1) is 12.8. The van der Waals surface area contributed by atoms with Crippen LogP contribution in [-0.4, -0.2) is 16.3 Å². The van der Waals surface area contributed by atoms with Gasteiger partial charge in [0.05, 0.1) is 5.69 Å². The number of nitrogens with zero attached hydrogens (tertiary/aromatic N) is 2. The molecule has 4 heteroatoms. The number of hydrogen-bond acceptors (Lipinski definition) is 2. The zero-order chi connectivity index (χ0) is 13.1. The minimum atomic E-state index is -0.217. The van der Waals surface area contributed by atoms with Crippen LogP contribution in [0.25, 0.3) is 11.3 Å². The Labute approximate surface area is 107 Å². The molecular formula is C14H18FN3. The second kappa shape index (κ2) is 5.31. The van der Waals surface area contributed by atoms with E-state index in [0.717, 1.165) is 17.8 Å². The zero-order valence-electron chi connectivity index (χ0n) is 10.9. The molecule has 2 rings (SSSR count). The molecule has 1 aromatic carbocycles. The first-order chi connectivity index (χ1) is 8.63. The third kappa shape index (κ3) is 2.43. The molecular weight excluding hydrogens is 229 g/mol. The first-order valence-corrected chi connectivity index (χ1v) is 6.14. The molecule has 2 aromatic rings. The van der Waals surface area contributed by atoms with E-state index in [4.69, 9.17) is 0 Å². The van der Waals surface area contributed by atoms with Crippen LogP contribution in [0.15, 0.2) is 30.5 Å². The maximum Gasteiger partial charge on any atom is 0.132 e. The van der Waals surface area contributed by atoms with E-state index >= 15 is 0 Å². The molecule has 0 bridgehead atoms. The molecule has 0 fully saturated rings. The summed E-state index contributed by atoms with van der Waals surface area (Å²) in [5.74, 6) is -0.217. The molecule has 0 radical (unpaired) electrons. The Morgan fingerprint density at radius 2 is 2.17 bits per heavy atom. The molecule has 1 atom stereocenters. The number of hydrogen-bond donors (Lipinski definition) is 1. The quantitative estimate of drug-likeness (QED) is 0.900. The van der Waals surface area contributed by atoms with Crippen LogP contribution in [-0.2, 0) is 7.05 Å². The van der Waals surface area contributed by atoms with Crippen LogP contribution in [0.3, 0.4) is 0 Å².